The Kier molecular flexibility index (Phi) is 3.97. The summed E-state index contributed by atoms with van der Waals surface area (Å²) in [6.45, 7) is 4.23. The van der Waals surface area contributed by atoms with Crippen molar-refractivity contribution in [2.45, 2.75) is 13.8 Å². The molecule has 1 aromatic heterocycles. The Morgan fingerprint density at radius 1 is 1.37 bits per heavy atom. The van der Waals surface area contributed by atoms with Gasteiger partial charge >= 0.3 is 0 Å². The molecule has 0 aliphatic heterocycles. The summed E-state index contributed by atoms with van der Waals surface area (Å²) in [5.41, 5.74) is 2.10. The number of hydrogen-bond acceptors (Lipinski definition) is 3. The van der Waals surface area contributed by atoms with Crippen molar-refractivity contribution in [3.63, 3.8) is 0 Å². The SMILES string of the molecule is CCOCC(=O)Nc1ccc2c(C)cc(=O)[nH]c2c1. The van der Waals surface area contributed by atoms with Crippen LogP contribution >= 0.6 is 0 Å². The van der Waals surface area contributed by atoms with Gasteiger partial charge in [0.05, 0.1) is 5.52 Å². The van der Waals surface area contributed by atoms with E-state index in [0.717, 1.165) is 10.9 Å². The topological polar surface area (TPSA) is 71.2 Å². The van der Waals surface area contributed by atoms with Crippen LogP contribution < -0.4 is 10.9 Å². The number of fused-ring (bicyclic) bond motifs is 1. The Morgan fingerprint density at radius 2 is 2.16 bits per heavy atom. The lowest BCUT2D eigenvalue weighted by Gasteiger charge is -2.07. The van der Waals surface area contributed by atoms with Gasteiger partial charge in [0.2, 0.25) is 11.5 Å². The molecule has 100 valence electrons. The zero-order valence-electron chi connectivity index (χ0n) is 10.9. The summed E-state index contributed by atoms with van der Waals surface area (Å²) in [6.07, 6.45) is 0. The van der Waals surface area contributed by atoms with E-state index in [1.54, 1.807) is 18.2 Å². The van der Waals surface area contributed by atoms with Crippen molar-refractivity contribution in [1.82, 2.24) is 4.98 Å². The fourth-order valence-electron chi connectivity index (χ4n) is 1.90. The molecule has 0 spiro atoms. The van der Waals surface area contributed by atoms with Crippen LogP contribution in [0.25, 0.3) is 10.9 Å². The summed E-state index contributed by atoms with van der Waals surface area (Å²) in [7, 11) is 0. The molecule has 0 unspecified atom stereocenters. The van der Waals surface area contributed by atoms with Gasteiger partial charge in [0, 0.05) is 23.7 Å². The standard InChI is InChI=1S/C14H16N2O3/c1-3-19-8-14(18)15-10-4-5-11-9(2)6-13(17)16-12(11)7-10/h4-7H,3,8H2,1-2H3,(H,15,18)(H,16,17). The molecule has 5 heteroatoms. The molecule has 0 bridgehead atoms. The van der Waals surface area contributed by atoms with Crippen molar-refractivity contribution in [1.29, 1.82) is 0 Å². The van der Waals surface area contributed by atoms with Crippen molar-refractivity contribution in [3.05, 3.63) is 40.2 Å². The maximum Gasteiger partial charge on any atom is 0.250 e. The smallest absolute Gasteiger partial charge is 0.250 e. The fourth-order valence-corrected chi connectivity index (χ4v) is 1.90. The highest BCUT2D eigenvalue weighted by Gasteiger charge is 2.04. The number of hydrogen-bond donors (Lipinski definition) is 2. The van der Waals surface area contributed by atoms with Gasteiger partial charge in [-0.2, -0.15) is 0 Å². The van der Waals surface area contributed by atoms with Gasteiger partial charge in [-0.05, 0) is 31.5 Å². The molecule has 1 amide bonds. The van der Waals surface area contributed by atoms with Crippen LogP contribution in [0.15, 0.2) is 29.1 Å². The lowest BCUT2D eigenvalue weighted by Crippen LogP contribution is -2.18. The minimum atomic E-state index is -0.212. The van der Waals surface area contributed by atoms with Crippen LogP contribution in [0.5, 0.6) is 0 Å². The number of aromatic amines is 1. The van der Waals surface area contributed by atoms with Gasteiger partial charge in [-0.3, -0.25) is 9.59 Å². The summed E-state index contributed by atoms with van der Waals surface area (Å²) in [5, 5.41) is 3.68. The van der Waals surface area contributed by atoms with Crippen molar-refractivity contribution >= 4 is 22.5 Å². The van der Waals surface area contributed by atoms with Crippen LogP contribution in [0.4, 0.5) is 5.69 Å². The number of ether oxygens (including phenoxy) is 1. The van der Waals surface area contributed by atoms with Crippen LogP contribution in [0.2, 0.25) is 0 Å². The van der Waals surface area contributed by atoms with Crippen LogP contribution in [0, 0.1) is 6.92 Å². The molecule has 5 nitrogen and oxygen atoms in total. The molecule has 19 heavy (non-hydrogen) atoms. The summed E-state index contributed by atoms with van der Waals surface area (Å²) >= 11 is 0. The molecule has 0 radical (unpaired) electrons. The average molecular weight is 260 g/mol. The van der Waals surface area contributed by atoms with E-state index in [-0.39, 0.29) is 18.1 Å². The van der Waals surface area contributed by atoms with Crippen LogP contribution in [0.3, 0.4) is 0 Å². The molecule has 2 N–H and O–H groups in total. The number of carbonyl (C=O) groups is 1. The third kappa shape index (κ3) is 3.20. The lowest BCUT2D eigenvalue weighted by molar-refractivity contribution is -0.120. The number of carbonyl (C=O) groups excluding carboxylic acids is 1. The summed E-state index contributed by atoms with van der Waals surface area (Å²) in [5.74, 6) is -0.212. The molecule has 2 rings (SSSR count). The van der Waals surface area contributed by atoms with Gasteiger partial charge in [-0.1, -0.05) is 6.07 Å². The van der Waals surface area contributed by atoms with Crippen LogP contribution in [0.1, 0.15) is 12.5 Å². The number of rotatable bonds is 4. The molecule has 0 aliphatic rings. The van der Waals surface area contributed by atoms with Crippen molar-refractivity contribution in [2.24, 2.45) is 0 Å². The van der Waals surface area contributed by atoms with E-state index in [4.69, 9.17) is 4.74 Å². The van der Waals surface area contributed by atoms with Crippen molar-refractivity contribution < 1.29 is 9.53 Å². The second kappa shape index (κ2) is 5.67. The van der Waals surface area contributed by atoms with E-state index in [2.05, 4.69) is 10.3 Å². The predicted molar refractivity (Wildman–Crippen MR) is 74.4 cm³/mol. The van der Waals surface area contributed by atoms with E-state index in [9.17, 15) is 9.59 Å². The molecule has 0 aliphatic carbocycles. The third-order valence-corrected chi connectivity index (χ3v) is 2.77. The van der Waals surface area contributed by atoms with E-state index < -0.39 is 0 Å². The zero-order valence-corrected chi connectivity index (χ0v) is 10.9. The summed E-state index contributed by atoms with van der Waals surface area (Å²) < 4.78 is 5.02. The number of H-pyrrole nitrogens is 1. The van der Waals surface area contributed by atoms with E-state index in [1.165, 1.54) is 0 Å². The number of benzene rings is 1. The number of amides is 1. The molecule has 1 heterocycles. The lowest BCUT2D eigenvalue weighted by atomic mass is 10.1. The molecule has 1 aromatic carbocycles. The fraction of sp³-hybridized carbons (Fsp3) is 0.286. The zero-order chi connectivity index (χ0) is 13.8. The number of anilines is 1. The Hall–Kier alpha value is -2.14. The molecule has 2 aromatic rings. The van der Waals surface area contributed by atoms with Gasteiger partial charge in [0.1, 0.15) is 6.61 Å². The van der Waals surface area contributed by atoms with E-state index in [1.807, 2.05) is 19.9 Å². The van der Waals surface area contributed by atoms with Crippen LogP contribution in [-0.2, 0) is 9.53 Å². The first-order chi connectivity index (χ1) is 9.10. The molecular weight excluding hydrogens is 244 g/mol. The Bertz CT molecular complexity index is 661. The molecule has 0 saturated heterocycles. The maximum absolute atomic E-state index is 11.5. The average Bonchev–Trinajstić information content (AvgIpc) is 2.35. The van der Waals surface area contributed by atoms with Gasteiger partial charge in [-0.15, -0.1) is 0 Å². The third-order valence-electron chi connectivity index (χ3n) is 2.77. The second-order valence-corrected chi connectivity index (χ2v) is 4.26. The number of pyridine rings is 1. The quantitative estimate of drug-likeness (QED) is 0.880. The Morgan fingerprint density at radius 3 is 2.89 bits per heavy atom. The van der Waals surface area contributed by atoms with Gasteiger partial charge < -0.3 is 15.0 Å². The van der Waals surface area contributed by atoms with Crippen LogP contribution in [-0.4, -0.2) is 24.1 Å². The largest absolute Gasteiger partial charge is 0.372 e. The number of nitrogens with one attached hydrogen (secondary N) is 2. The highest BCUT2D eigenvalue weighted by molar-refractivity contribution is 5.94. The monoisotopic (exact) mass is 260 g/mol. The minimum Gasteiger partial charge on any atom is -0.372 e. The second-order valence-electron chi connectivity index (χ2n) is 4.26. The van der Waals surface area contributed by atoms with Crippen molar-refractivity contribution in [3.8, 4) is 0 Å². The van der Waals surface area contributed by atoms with Crippen molar-refractivity contribution in [2.75, 3.05) is 18.5 Å². The van der Waals surface area contributed by atoms with E-state index in [0.29, 0.717) is 17.8 Å². The molecular formula is C14H16N2O3. The predicted octanol–water partition coefficient (Wildman–Crippen LogP) is 1.81. The minimum absolute atomic E-state index is 0.0267. The number of aromatic nitrogens is 1. The Balaban J connectivity index is 2.26. The summed E-state index contributed by atoms with van der Waals surface area (Å²) in [6, 6.07) is 6.97. The summed E-state index contributed by atoms with van der Waals surface area (Å²) in [4.78, 5) is 25.7. The van der Waals surface area contributed by atoms with Gasteiger partial charge in [0.15, 0.2) is 0 Å². The highest BCUT2D eigenvalue weighted by atomic mass is 16.5. The molecule has 0 fully saturated rings. The molecule has 0 saturated carbocycles. The first kappa shape index (κ1) is 13.3. The Labute approximate surface area is 110 Å². The molecule has 0 atom stereocenters. The van der Waals surface area contributed by atoms with E-state index >= 15 is 0 Å². The normalized spacial score (nSPS) is 10.6. The maximum atomic E-state index is 11.5. The first-order valence-corrected chi connectivity index (χ1v) is 6.11. The number of aryl methyl sites for hydroxylation is 1. The highest BCUT2D eigenvalue weighted by Crippen LogP contribution is 2.18. The van der Waals surface area contributed by atoms with Gasteiger partial charge in [0.25, 0.3) is 0 Å². The van der Waals surface area contributed by atoms with Gasteiger partial charge in [-0.25, -0.2) is 0 Å². The first-order valence-electron chi connectivity index (χ1n) is 6.11.